The zero-order valence-electron chi connectivity index (χ0n) is 19.8. The number of anilines is 2. The Bertz CT molecular complexity index is 1490. The molecule has 5 rings (SSSR count). The summed E-state index contributed by atoms with van der Waals surface area (Å²) in [5.74, 6) is 1.06. The molecule has 9 nitrogen and oxygen atoms in total. The zero-order chi connectivity index (χ0) is 24.4. The predicted molar refractivity (Wildman–Crippen MR) is 133 cm³/mol. The van der Waals surface area contributed by atoms with Crippen molar-refractivity contribution in [2.24, 2.45) is 0 Å². The number of benzene rings is 2. The third-order valence-corrected chi connectivity index (χ3v) is 5.69. The van der Waals surface area contributed by atoms with Crippen LogP contribution in [0.5, 0.6) is 5.75 Å². The highest BCUT2D eigenvalue weighted by molar-refractivity contribution is 5.86. The van der Waals surface area contributed by atoms with Gasteiger partial charge in [-0.3, -0.25) is 4.68 Å². The van der Waals surface area contributed by atoms with Crippen molar-refractivity contribution in [2.45, 2.75) is 33.2 Å². The maximum atomic E-state index is 12.0. The highest BCUT2D eigenvalue weighted by atomic mass is 16.7. The van der Waals surface area contributed by atoms with Crippen LogP contribution < -0.4 is 10.1 Å². The first-order valence-corrected chi connectivity index (χ1v) is 11.5. The fourth-order valence-corrected chi connectivity index (χ4v) is 4.16. The molecule has 35 heavy (non-hydrogen) atoms. The molecule has 178 valence electrons. The minimum absolute atomic E-state index is 0.0506. The lowest BCUT2D eigenvalue weighted by Crippen LogP contribution is -2.10. The molecule has 2 aromatic carbocycles. The minimum Gasteiger partial charge on any atom is -0.434 e. The Labute approximate surface area is 202 Å². The second kappa shape index (κ2) is 9.46. The third kappa shape index (κ3) is 4.52. The van der Waals surface area contributed by atoms with E-state index in [2.05, 4.69) is 32.6 Å². The molecular weight excluding hydrogens is 444 g/mol. The lowest BCUT2D eigenvalue weighted by Gasteiger charge is -2.12. The van der Waals surface area contributed by atoms with Gasteiger partial charge < -0.3 is 14.8 Å². The molecule has 0 unspecified atom stereocenters. The van der Waals surface area contributed by atoms with Gasteiger partial charge in [-0.25, -0.2) is 14.3 Å². The van der Waals surface area contributed by atoms with E-state index in [1.165, 1.54) is 11.9 Å². The molecule has 0 aliphatic heterocycles. The van der Waals surface area contributed by atoms with Gasteiger partial charge in [0, 0.05) is 16.6 Å². The molecule has 0 fully saturated rings. The van der Waals surface area contributed by atoms with Crippen molar-refractivity contribution in [1.82, 2.24) is 24.4 Å². The van der Waals surface area contributed by atoms with Crippen LogP contribution in [0.2, 0.25) is 0 Å². The van der Waals surface area contributed by atoms with Gasteiger partial charge in [-0.1, -0.05) is 44.2 Å². The number of nitrogens with one attached hydrogen (secondary N) is 1. The summed E-state index contributed by atoms with van der Waals surface area (Å²) in [6, 6.07) is 16.3. The molecule has 0 saturated heterocycles. The maximum Gasteiger partial charge on any atom is 0.513 e. The van der Waals surface area contributed by atoms with Crippen LogP contribution in [-0.2, 0) is 11.3 Å². The van der Waals surface area contributed by atoms with Gasteiger partial charge in [0.05, 0.1) is 31.1 Å². The summed E-state index contributed by atoms with van der Waals surface area (Å²) in [4.78, 5) is 16.4. The predicted octanol–water partition coefficient (Wildman–Crippen LogP) is 5.53. The average molecular weight is 471 g/mol. The molecule has 0 atom stereocenters. The van der Waals surface area contributed by atoms with Crippen LogP contribution in [0.3, 0.4) is 0 Å². The highest BCUT2D eigenvalue weighted by Gasteiger charge is 2.22. The summed E-state index contributed by atoms with van der Waals surface area (Å²) in [7, 11) is 0. The van der Waals surface area contributed by atoms with Crippen molar-refractivity contribution in [3.05, 3.63) is 78.4 Å². The molecule has 0 amide bonds. The van der Waals surface area contributed by atoms with E-state index >= 15 is 0 Å². The molecule has 5 aromatic rings. The lowest BCUT2D eigenvalue weighted by atomic mass is 10.0. The number of hydrogen-bond donors (Lipinski definition) is 1. The lowest BCUT2D eigenvalue weighted by molar-refractivity contribution is 0.104. The van der Waals surface area contributed by atoms with Crippen LogP contribution in [0, 0.1) is 0 Å². The third-order valence-electron chi connectivity index (χ3n) is 5.69. The van der Waals surface area contributed by atoms with E-state index in [-0.39, 0.29) is 12.5 Å². The second-order valence-corrected chi connectivity index (χ2v) is 8.44. The van der Waals surface area contributed by atoms with Crippen LogP contribution >= 0.6 is 0 Å². The summed E-state index contributed by atoms with van der Waals surface area (Å²) < 4.78 is 14.1. The quantitative estimate of drug-likeness (QED) is 0.313. The van der Waals surface area contributed by atoms with Gasteiger partial charge in [0.25, 0.3) is 0 Å². The Balaban J connectivity index is 1.47. The van der Waals surface area contributed by atoms with Gasteiger partial charge in [0.15, 0.2) is 11.6 Å². The molecular formula is C26H26N6O3. The topological polar surface area (TPSA) is 95.6 Å². The molecule has 9 heteroatoms. The molecule has 3 aromatic heterocycles. The van der Waals surface area contributed by atoms with Gasteiger partial charge in [0.1, 0.15) is 11.8 Å². The number of nitrogens with zero attached hydrogens (tertiary/aromatic N) is 5. The standard InChI is InChI=1S/C26H26N6O3/c1-4-34-26(33)35-22-15-32-24(23(22)17(2)3)25(27-16-29-32)30-20-10-11-21-19(12-20)13-28-31(21)14-18-8-6-5-7-9-18/h5-13,15-17H,4,14H2,1-3H3,(H,27,29,30). The second-order valence-electron chi connectivity index (χ2n) is 8.44. The minimum atomic E-state index is -0.745. The fourth-order valence-electron chi connectivity index (χ4n) is 4.16. The Morgan fingerprint density at radius 1 is 1.11 bits per heavy atom. The number of carbonyl (C=O) groups excluding carboxylic acids is 1. The molecule has 1 N–H and O–H groups in total. The average Bonchev–Trinajstić information content (AvgIpc) is 3.41. The summed E-state index contributed by atoms with van der Waals surface area (Å²) in [5.41, 5.74) is 4.65. The van der Waals surface area contributed by atoms with Crippen LogP contribution in [0.4, 0.5) is 16.3 Å². The summed E-state index contributed by atoms with van der Waals surface area (Å²) in [6.45, 7) is 6.72. The number of fused-ring (bicyclic) bond motifs is 2. The summed E-state index contributed by atoms with van der Waals surface area (Å²) in [5, 5.41) is 13.3. The molecule has 0 bridgehead atoms. The van der Waals surface area contributed by atoms with E-state index < -0.39 is 6.16 Å². The highest BCUT2D eigenvalue weighted by Crippen LogP contribution is 2.36. The van der Waals surface area contributed by atoms with E-state index in [1.54, 1.807) is 17.6 Å². The Hall–Kier alpha value is -4.40. The SMILES string of the molecule is CCOC(=O)Oc1cn2ncnc(Nc3ccc4c(cnn4Cc4ccccc4)c3)c2c1C(C)C. The van der Waals surface area contributed by atoms with E-state index in [4.69, 9.17) is 9.47 Å². The smallest absolute Gasteiger partial charge is 0.434 e. The molecule has 0 aliphatic carbocycles. The van der Waals surface area contributed by atoms with Crippen molar-refractivity contribution >= 4 is 34.1 Å². The molecule has 0 saturated carbocycles. The maximum absolute atomic E-state index is 12.0. The first kappa shape index (κ1) is 22.4. The van der Waals surface area contributed by atoms with E-state index in [1.807, 2.05) is 61.1 Å². The van der Waals surface area contributed by atoms with Gasteiger partial charge in [-0.2, -0.15) is 10.2 Å². The van der Waals surface area contributed by atoms with Crippen molar-refractivity contribution < 1.29 is 14.3 Å². The van der Waals surface area contributed by atoms with Gasteiger partial charge >= 0.3 is 6.16 Å². The monoisotopic (exact) mass is 470 g/mol. The van der Waals surface area contributed by atoms with Gasteiger partial charge in [-0.05, 0) is 36.6 Å². The molecule has 0 spiro atoms. The van der Waals surface area contributed by atoms with Crippen LogP contribution in [0.25, 0.3) is 16.4 Å². The van der Waals surface area contributed by atoms with Crippen molar-refractivity contribution in [2.75, 3.05) is 11.9 Å². The first-order chi connectivity index (χ1) is 17.0. The van der Waals surface area contributed by atoms with E-state index in [0.717, 1.165) is 27.7 Å². The van der Waals surface area contributed by atoms with Crippen molar-refractivity contribution in [3.8, 4) is 5.75 Å². The largest absolute Gasteiger partial charge is 0.513 e. The van der Waals surface area contributed by atoms with E-state index in [0.29, 0.717) is 18.1 Å². The molecule has 3 heterocycles. The van der Waals surface area contributed by atoms with E-state index in [9.17, 15) is 4.79 Å². The summed E-state index contributed by atoms with van der Waals surface area (Å²) >= 11 is 0. The van der Waals surface area contributed by atoms with Gasteiger partial charge in [0.2, 0.25) is 0 Å². The van der Waals surface area contributed by atoms with Crippen LogP contribution in [0.1, 0.15) is 37.8 Å². The fraction of sp³-hybridized carbons (Fsp3) is 0.231. The van der Waals surface area contributed by atoms with Crippen LogP contribution in [-0.4, -0.2) is 37.1 Å². The molecule has 0 radical (unpaired) electrons. The van der Waals surface area contributed by atoms with Gasteiger partial charge in [-0.15, -0.1) is 0 Å². The van der Waals surface area contributed by atoms with Crippen molar-refractivity contribution in [3.63, 3.8) is 0 Å². The number of ether oxygens (including phenoxy) is 2. The zero-order valence-corrected chi connectivity index (χ0v) is 19.8. The number of aromatic nitrogens is 5. The molecule has 0 aliphatic rings. The number of rotatable bonds is 7. The Kier molecular flexibility index (Phi) is 6.05. The number of hydrogen-bond acceptors (Lipinski definition) is 7. The number of carbonyl (C=O) groups is 1. The first-order valence-electron chi connectivity index (χ1n) is 11.5. The van der Waals surface area contributed by atoms with Crippen LogP contribution in [0.15, 0.2) is 67.3 Å². The Morgan fingerprint density at radius 3 is 2.71 bits per heavy atom. The Morgan fingerprint density at radius 2 is 1.94 bits per heavy atom. The normalized spacial score (nSPS) is 11.3. The summed E-state index contributed by atoms with van der Waals surface area (Å²) in [6.07, 6.45) is 4.25. The van der Waals surface area contributed by atoms with Crippen molar-refractivity contribution in [1.29, 1.82) is 0 Å².